The highest BCUT2D eigenvalue weighted by Crippen LogP contribution is 2.26. The number of hydrogen-bond donors (Lipinski definition) is 2. The zero-order valence-electron chi connectivity index (χ0n) is 17.0. The number of rotatable bonds is 7. The predicted octanol–water partition coefficient (Wildman–Crippen LogP) is 5.05. The second-order valence-electron chi connectivity index (χ2n) is 6.68. The Morgan fingerprint density at radius 1 is 0.935 bits per heavy atom. The molecule has 1 atom stereocenters. The molecule has 0 bridgehead atoms. The van der Waals surface area contributed by atoms with Crippen LogP contribution in [0, 0.1) is 0 Å². The minimum absolute atomic E-state index is 0.290. The minimum Gasteiger partial charge on any atom is -0.492 e. The second-order valence-corrected chi connectivity index (χ2v) is 6.68. The van der Waals surface area contributed by atoms with Gasteiger partial charge in [0.15, 0.2) is 0 Å². The first-order valence-corrected chi connectivity index (χ1v) is 9.97. The van der Waals surface area contributed by atoms with Gasteiger partial charge in [-0.25, -0.2) is 4.79 Å². The van der Waals surface area contributed by atoms with Crippen molar-refractivity contribution in [3.63, 3.8) is 0 Å². The maximum Gasteiger partial charge on any atom is 0.320 e. The molecule has 0 aliphatic carbocycles. The van der Waals surface area contributed by atoms with Crippen LogP contribution in [0.4, 0.5) is 10.5 Å². The molecule has 0 radical (unpaired) electrons. The summed E-state index contributed by atoms with van der Waals surface area (Å²) in [6.07, 6.45) is 0. The van der Waals surface area contributed by atoms with Gasteiger partial charge in [-0.15, -0.1) is 10.2 Å². The van der Waals surface area contributed by atoms with Gasteiger partial charge in [0.25, 0.3) is 0 Å². The van der Waals surface area contributed by atoms with Crippen LogP contribution >= 0.6 is 0 Å². The molecule has 0 aliphatic rings. The third-order valence-corrected chi connectivity index (χ3v) is 4.55. The van der Waals surface area contributed by atoms with Crippen LogP contribution in [0.1, 0.15) is 24.4 Å². The van der Waals surface area contributed by atoms with Gasteiger partial charge in [-0.2, -0.15) is 0 Å². The van der Waals surface area contributed by atoms with E-state index in [1.54, 1.807) is 12.1 Å². The van der Waals surface area contributed by atoms with Gasteiger partial charge in [0.1, 0.15) is 11.8 Å². The molecule has 156 valence electrons. The lowest BCUT2D eigenvalue weighted by molar-refractivity contribution is 0.248. The molecule has 7 nitrogen and oxygen atoms in total. The van der Waals surface area contributed by atoms with Crippen molar-refractivity contribution < 1.29 is 13.9 Å². The number of aromatic nitrogens is 2. The van der Waals surface area contributed by atoms with Crippen molar-refractivity contribution >= 4 is 11.7 Å². The first kappa shape index (κ1) is 20.2. The largest absolute Gasteiger partial charge is 0.492 e. The number of carbonyl (C=O) groups is 1. The van der Waals surface area contributed by atoms with Gasteiger partial charge in [-0.05, 0) is 36.8 Å². The van der Waals surface area contributed by atoms with Crippen molar-refractivity contribution in [1.82, 2.24) is 15.5 Å². The monoisotopic (exact) mass is 414 g/mol. The second kappa shape index (κ2) is 9.58. The molecule has 0 spiro atoms. The highest BCUT2D eigenvalue weighted by molar-refractivity contribution is 5.91. The number of nitrogens with zero attached hydrogens (tertiary/aromatic N) is 2. The molecular weight excluding hydrogens is 392 g/mol. The van der Waals surface area contributed by atoms with E-state index >= 15 is 0 Å². The minimum atomic E-state index is -0.620. The molecule has 2 amide bonds. The van der Waals surface area contributed by atoms with E-state index in [1.807, 2.05) is 79.7 Å². The highest BCUT2D eigenvalue weighted by Gasteiger charge is 2.24. The number of anilines is 1. The Hall–Kier alpha value is -4.13. The van der Waals surface area contributed by atoms with Crippen molar-refractivity contribution in [2.24, 2.45) is 0 Å². The van der Waals surface area contributed by atoms with Crippen molar-refractivity contribution in [2.45, 2.75) is 13.0 Å². The number of hydrogen-bond acceptors (Lipinski definition) is 5. The molecule has 0 saturated carbocycles. The van der Waals surface area contributed by atoms with E-state index in [1.165, 1.54) is 0 Å². The van der Waals surface area contributed by atoms with Crippen LogP contribution in [0.25, 0.3) is 11.5 Å². The Morgan fingerprint density at radius 2 is 1.61 bits per heavy atom. The molecular formula is C24H22N4O3. The Bertz CT molecular complexity index is 1130. The maximum atomic E-state index is 12.8. The lowest BCUT2D eigenvalue weighted by Crippen LogP contribution is -2.33. The Morgan fingerprint density at radius 3 is 2.35 bits per heavy atom. The van der Waals surface area contributed by atoms with E-state index in [2.05, 4.69) is 20.8 Å². The zero-order valence-corrected chi connectivity index (χ0v) is 17.0. The van der Waals surface area contributed by atoms with Gasteiger partial charge >= 0.3 is 6.03 Å². The molecule has 1 unspecified atom stereocenters. The molecule has 7 heteroatoms. The Balaban J connectivity index is 1.58. The smallest absolute Gasteiger partial charge is 0.320 e. The first-order chi connectivity index (χ1) is 15.2. The van der Waals surface area contributed by atoms with E-state index < -0.39 is 12.1 Å². The van der Waals surface area contributed by atoms with Gasteiger partial charge in [-0.1, -0.05) is 60.7 Å². The topological polar surface area (TPSA) is 89.3 Å². The van der Waals surface area contributed by atoms with Gasteiger partial charge in [0.2, 0.25) is 11.8 Å². The fourth-order valence-corrected chi connectivity index (χ4v) is 3.12. The van der Waals surface area contributed by atoms with Gasteiger partial charge in [0.05, 0.1) is 12.3 Å². The van der Waals surface area contributed by atoms with Crippen LogP contribution in [-0.4, -0.2) is 22.8 Å². The fraction of sp³-hybridized carbons (Fsp3) is 0.125. The van der Waals surface area contributed by atoms with E-state index in [0.717, 1.165) is 11.1 Å². The van der Waals surface area contributed by atoms with Gasteiger partial charge < -0.3 is 19.8 Å². The van der Waals surface area contributed by atoms with Crippen molar-refractivity contribution in [1.29, 1.82) is 0 Å². The average molecular weight is 414 g/mol. The average Bonchev–Trinajstić information content (AvgIpc) is 3.30. The quantitative estimate of drug-likeness (QED) is 0.442. The summed E-state index contributed by atoms with van der Waals surface area (Å²) in [6, 6.07) is 25.2. The van der Waals surface area contributed by atoms with Crippen LogP contribution in [0.3, 0.4) is 0 Å². The molecule has 1 heterocycles. The summed E-state index contributed by atoms with van der Waals surface area (Å²) in [4.78, 5) is 12.8. The normalized spacial score (nSPS) is 11.5. The van der Waals surface area contributed by atoms with Gasteiger partial charge in [-0.3, -0.25) is 0 Å². The summed E-state index contributed by atoms with van der Waals surface area (Å²) in [5, 5.41) is 14.1. The number of carbonyl (C=O) groups excluding carboxylic acids is 1. The number of urea groups is 1. The molecule has 0 saturated heterocycles. The number of amides is 2. The molecule has 3 aromatic carbocycles. The third-order valence-electron chi connectivity index (χ3n) is 4.55. The van der Waals surface area contributed by atoms with Crippen molar-refractivity contribution in [3.8, 4) is 17.2 Å². The fourth-order valence-electron chi connectivity index (χ4n) is 3.12. The Labute approximate surface area is 180 Å². The van der Waals surface area contributed by atoms with E-state index in [4.69, 9.17) is 9.15 Å². The maximum absolute atomic E-state index is 12.8. The summed E-state index contributed by atoms with van der Waals surface area (Å²) in [5.41, 5.74) is 2.20. The van der Waals surface area contributed by atoms with Crippen LogP contribution in [0.2, 0.25) is 0 Å². The SMILES string of the molecule is CCOc1ccccc1NC(=O)NC(c1ccccc1)c1nnc(-c2ccccc2)o1. The van der Waals surface area contributed by atoms with E-state index in [9.17, 15) is 4.79 Å². The van der Waals surface area contributed by atoms with Crippen molar-refractivity contribution in [2.75, 3.05) is 11.9 Å². The summed E-state index contributed by atoms with van der Waals surface area (Å²) in [6.45, 7) is 2.39. The van der Waals surface area contributed by atoms with Crippen LogP contribution in [-0.2, 0) is 0 Å². The molecule has 4 aromatic rings. The number of ether oxygens (including phenoxy) is 1. The third kappa shape index (κ3) is 4.90. The molecule has 4 rings (SSSR count). The summed E-state index contributed by atoms with van der Waals surface area (Å²) >= 11 is 0. The number of nitrogens with one attached hydrogen (secondary N) is 2. The van der Waals surface area contributed by atoms with E-state index in [-0.39, 0.29) is 0 Å². The highest BCUT2D eigenvalue weighted by atomic mass is 16.5. The summed E-state index contributed by atoms with van der Waals surface area (Å²) in [7, 11) is 0. The van der Waals surface area contributed by atoms with E-state index in [0.29, 0.717) is 29.8 Å². The molecule has 0 fully saturated rings. The van der Waals surface area contributed by atoms with Gasteiger partial charge in [0, 0.05) is 5.56 Å². The summed E-state index contributed by atoms with van der Waals surface area (Å²) in [5.74, 6) is 1.28. The van der Waals surface area contributed by atoms with Crippen molar-refractivity contribution in [3.05, 3.63) is 96.4 Å². The Kier molecular flexibility index (Phi) is 6.23. The zero-order chi connectivity index (χ0) is 21.5. The summed E-state index contributed by atoms with van der Waals surface area (Å²) < 4.78 is 11.5. The lowest BCUT2D eigenvalue weighted by atomic mass is 10.1. The number of para-hydroxylation sites is 2. The van der Waals surface area contributed by atoms with Crippen LogP contribution in [0.5, 0.6) is 5.75 Å². The first-order valence-electron chi connectivity index (χ1n) is 9.97. The van der Waals surface area contributed by atoms with Crippen LogP contribution in [0.15, 0.2) is 89.3 Å². The number of benzene rings is 3. The standard InChI is InChI=1S/C24H22N4O3/c1-2-30-20-16-10-9-15-19(20)25-24(29)26-21(17-11-5-3-6-12-17)23-28-27-22(31-23)18-13-7-4-8-14-18/h3-16,21H,2H2,1H3,(H2,25,26,29). The predicted molar refractivity (Wildman–Crippen MR) is 118 cm³/mol. The molecule has 0 aliphatic heterocycles. The van der Waals surface area contributed by atoms with Crippen LogP contribution < -0.4 is 15.4 Å². The lowest BCUT2D eigenvalue weighted by Gasteiger charge is -2.17. The molecule has 2 N–H and O–H groups in total. The molecule has 1 aromatic heterocycles. The molecule has 31 heavy (non-hydrogen) atoms.